The average molecular weight is 391 g/mol. The molecule has 142 valence electrons. The minimum Gasteiger partial charge on any atom is -0.465 e. The Balaban J connectivity index is 1.89. The topological polar surface area (TPSA) is 69.4 Å². The first-order valence-electron chi connectivity index (χ1n) is 9.31. The van der Waals surface area contributed by atoms with Gasteiger partial charge in [-0.2, -0.15) is 0 Å². The molecule has 28 heavy (non-hydrogen) atoms. The molecule has 2 N–H and O–H groups in total. The molecule has 0 bridgehead atoms. The Morgan fingerprint density at radius 2 is 1.82 bits per heavy atom. The lowest BCUT2D eigenvalue weighted by Crippen LogP contribution is -2.23. The van der Waals surface area contributed by atoms with Crippen molar-refractivity contribution in [1.29, 1.82) is 0 Å². The monoisotopic (exact) mass is 391 g/mol. The van der Waals surface area contributed by atoms with Crippen LogP contribution >= 0.6 is 11.3 Å². The molecule has 0 unspecified atom stereocenters. The number of carbonyl (C=O) groups is 2. The maximum absolute atomic E-state index is 12.6. The van der Waals surface area contributed by atoms with Crippen LogP contribution in [-0.4, -0.2) is 18.5 Å². The van der Waals surface area contributed by atoms with Gasteiger partial charge in [0.05, 0.1) is 17.6 Å². The van der Waals surface area contributed by atoms with E-state index in [4.69, 9.17) is 10.5 Å². The minimum atomic E-state index is -0.565. The van der Waals surface area contributed by atoms with E-state index in [9.17, 15) is 9.59 Å². The van der Waals surface area contributed by atoms with Crippen molar-refractivity contribution in [2.45, 2.75) is 25.2 Å². The van der Waals surface area contributed by atoms with E-state index in [1.54, 1.807) is 6.07 Å². The summed E-state index contributed by atoms with van der Waals surface area (Å²) in [4.78, 5) is 25.3. The van der Waals surface area contributed by atoms with E-state index in [2.05, 4.69) is 0 Å². The van der Waals surface area contributed by atoms with Crippen LogP contribution in [0.4, 0.5) is 0 Å². The van der Waals surface area contributed by atoms with Gasteiger partial charge in [-0.3, -0.25) is 9.59 Å². The Bertz CT molecular complexity index is 1040. The van der Waals surface area contributed by atoms with Gasteiger partial charge in [-0.25, -0.2) is 0 Å². The molecule has 2 aromatic carbocycles. The third-order valence-corrected chi connectivity index (χ3v) is 6.20. The van der Waals surface area contributed by atoms with E-state index in [0.717, 1.165) is 40.0 Å². The van der Waals surface area contributed by atoms with E-state index >= 15 is 0 Å². The molecule has 0 atom stereocenters. The summed E-state index contributed by atoms with van der Waals surface area (Å²) in [6.07, 6.45) is 1.56. The van der Waals surface area contributed by atoms with Crippen LogP contribution in [0.5, 0.6) is 0 Å². The van der Waals surface area contributed by atoms with Gasteiger partial charge in [0.15, 0.2) is 0 Å². The van der Waals surface area contributed by atoms with Crippen LogP contribution < -0.4 is 5.73 Å². The number of rotatable bonds is 6. The molecule has 1 saturated carbocycles. The summed E-state index contributed by atoms with van der Waals surface area (Å²) in [5.74, 6) is -0.623. The third-order valence-electron chi connectivity index (χ3n) is 5.25. The van der Waals surface area contributed by atoms with Crippen molar-refractivity contribution in [3.05, 3.63) is 71.1 Å². The van der Waals surface area contributed by atoms with Crippen molar-refractivity contribution in [1.82, 2.24) is 0 Å². The Hall–Kier alpha value is -2.92. The number of hydrogen-bond acceptors (Lipinski definition) is 4. The van der Waals surface area contributed by atoms with Gasteiger partial charge in [-0.15, -0.1) is 11.3 Å². The minimum absolute atomic E-state index is 0.172. The second-order valence-electron chi connectivity index (χ2n) is 6.96. The highest BCUT2D eigenvalue weighted by Gasteiger charge is 2.52. The summed E-state index contributed by atoms with van der Waals surface area (Å²) in [6, 6.07) is 17.8. The lowest BCUT2D eigenvalue weighted by molar-refractivity contribution is -0.146. The van der Waals surface area contributed by atoms with E-state index in [-0.39, 0.29) is 5.97 Å². The molecule has 5 heteroatoms. The Morgan fingerprint density at radius 1 is 1.07 bits per heavy atom. The SMILES string of the molecule is CCOC(=O)C1(c2ccc(-c3ccccc3)c(-c3sccc3C(N)=O)c2)CC1. The predicted molar refractivity (Wildman–Crippen MR) is 111 cm³/mol. The number of amides is 1. The molecule has 4 nitrogen and oxygen atoms in total. The first kappa shape index (κ1) is 18.4. The molecular formula is C23H21NO3S. The fourth-order valence-electron chi connectivity index (χ4n) is 3.62. The normalized spacial score (nSPS) is 14.5. The second kappa shape index (κ2) is 7.24. The highest BCUT2D eigenvalue weighted by molar-refractivity contribution is 7.14. The molecule has 1 amide bonds. The van der Waals surface area contributed by atoms with Crippen LogP contribution in [0.2, 0.25) is 0 Å². The van der Waals surface area contributed by atoms with E-state index in [1.165, 1.54) is 11.3 Å². The van der Waals surface area contributed by atoms with Gasteiger partial charge in [0.1, 0.15) is 0 Å². The van der Waals surface area contributed by atoms with Crippen molar-refractivity contribution >= 4 is 23.2 Å². The molecule has 3 aromatic rings. The molecule has 1 fully saturated rings. The second-order valence-corrected chi connectivity index (χ2v) is 7.87. The van der Waals surface area contributed by atoms with Crippen molar-refractivity contribution in [2.24, 2.45) is 5.73 Å². The van der Waals surface area contributed by atoms with E-state index in [0.29, 0.717) is 12.2 Å². The number of esters is 1. The summed E-state index contributed by atoms with van der Waals surface area (Å²) in [7, 11) is 0. The molecule has 0 aliphatic heterocycles. The van der Waals surface area contributed by atoms with Gasteiger partial charge < -0.3 is 10.5 Å². The number of ether oxygens (including phenoxy) is 1. The van der Waals surface area contributed by atoms with E-state index < -0.39 is 11.3 Å². The predicted octanol–water partition coefficient (Wildman–Crippen LogP) is 4.78. The number of hydrogen-bond donors (Lipinski definition) is 1. The first-order valence-corrected chi connectivity index (χ1v) is 10.2. The van der Waals surface area contributed by atoms with Crippen LogP contribution in [0.25, 0.3) is 21.6 Å². The van der Waals surface area contributed by atoms with Crippen LogP contribution in [-0.2, 0) is 14.9 Å². The fraction of sp³-hybridized carbons (Fsp3) is 0.217. The summed E-state index contributed by atoms with van der Waals surface area (Å²) >= 11 is 1.48. The van der Waals surface area contributed by atoms with Gasteiger partial charge in [0, 0.05) is 10.4 Å². The molecule has 1 aliphatic carbocycles. The Kier molecular flexibility index (Phi) is 4.77. The van der Waals surface area contributed by atoms with Crippen LogP contribution in [0, 0.1) is 0 Å². The maximum Gasteiger partial charge on any atom is 0.316 e. The molecule has 1 aliphatic rings. The van der Waals surface area contributed by atoms with Crippen molar-refractivity contribution in [3.8, 4) is 21.6 Å². The van der Waals surface area contributed by atoms with E-state index in [1.807, 2.05) is 60.8 Å². The van der Waals surface area contributed by atoms with Gasteiger partial charge >= 0.3 is 5.97 Å². The standard InChI is InChI=1S/C23H21NO3S/c1-2-27-22(26)23(11-12-23)16-8-9-17(15-6-4-3-5-7-15)19(14-16)20-18(21(24)25)10-13-28-20/h3-10,13-14H,2,11-12H2,1H3,(H2,24,25). The van der Waals surface area contributed by atoms with Gasteiger partial charge in [0.25, 0.3) is 0 Å². The summed E-state index contributed by atoms with van der Waals surface area (Å²) in [5.41, 5.74) is 9.45. The van der Waals surface area contributed by atoms with Crippen LogP contribution in [0.3, 0.4) is 0 Å². The number of carbonyl (C=O) groups excluding carboxylic acids is 2. The maximum atomic E-state index is 12.6. The highest BCUT2D eigenvalue weighted by atomic mass is 32.1. The van der Waals surface area contributed by atoms with Gasteiger partial charge in [0.2, 0.25) is 5.91 Å². The van der Waals surface area contributed by atoms with Crippen LogP contribution in [0.1, 0.15) is 35.7 Å². The first-order chi connectivity index (χ1) is 13.6. The molecule has 1 aromatic heterocycles. The Labute approximate surface area is 168 Å². The zero-order chi connectivity index (χ0) is 19.7. The highest BCUT2D eigenvalue weighted by Crippen LogP contribution is 2.51. The van der Waals surface area contributed by atoms with Crippen molar-refractivity contribution in [2.75, 3.05) is 6.61 Å². The average Bonchev–Trinajstić information content (AvgIpc) is 3.38. The summed E-state index contributed by atoms with van der Waals surface area (Å²) in [5, 5.41) is 1.87. The smallest absolute Gasteiger partial charge is 0.316 e. The number of thiophene rings is 1. The lowest BCUT2D eigenvalue weighted by atomic mass is 9.89. The number of benzene rings is 2. The number of primary amides is 1. The zero-order valence-corrected chi connectivity index (χ0v) is 16.4. The van der Waals surface area contributed by atoms with Crippen molar-refractivity contribution in [3.63, 3.8) is 0 Å². The zero-order valence-electron chi connectivity index (χ0n) is 15.6. The van der Waals surface area contributed by atoms with Gasteiger partial charge in [-0.1, -0.05) is 42.5 Å². The Morgan fingerprint density at radius 3 is 2.46 bits per heavy atom. The largest absolute Gasteiger partial charge is 0.465 e. The van der Waals surface area contributed by atoms with Crippen molar-refractivity contribution < 1.29 is 14.3 Å². The summed E-state index contributed by atoms with van der Waals surface area (Å²) in [6.45, 7) is 2.19. The van der Waals surface area contributed by atoms with Gasteiger partial charge in [-0.05, 0) is 54.0 Å². The molecule has 4 rings (SSSR count). The number of nitrogens with two attached hydrogens (primary N) is 1. The molecule has 0 radical (unpaired) electrons. The fourth-order valence-corrected chi connectivity index (χ4v) is 4.55. The lowest BCUT2D eigenvalue weighted by Gasteiger charge is -2.18. The molecule has 0 spiro atoms. The summed E-state index contributed by atoms with van der Waals surface area (Å²) < 4.78 is 5.32. The third kappa shape index (κ3) is 3.12. The molecule has 1 heterocycles. The molecular weight excluding hydrogens is 370 g/mol. The van der Waals surface area contributed by atoms with Crippen LogP contribution in [0.15, 0.2) is 60.0 Å². The quantitative estimate of drug-likeness (QED) is 0.615. The molecule has 0 saturated heterocycles.